The van der Waals surface area contributed by atoms with Gasteiger partial charge < -0.3 is 9.16 Å². The lowest BCUT2D eigenvalue weighted by Gasteiger charge is -2.51. The van der Waals surface area contributed by atoms with Crippen LogP contribution in [0.15, 0.2) is 12.2 Å². The average Bonchev–Trinajstić information content (AvgIpc) is 2.89. The molecule has 0 amide bonds. The predicted octanol–water partition coefficient (Wildman–Crippen LogP) is 5.65. The first kappa shape index (κ1) is 22.7. The number of nitriles is 1. The molecule has 2 bridgehead atoms. The molecule has 2 heterocycles. The zero-order valence-electron chi connectivity index (χ0n) is 19.6. The quantitative estimate of drug-likeness (QED) is 0.440. The first-order valence-corrected chi connectivity index (χ1v) is 14.0. The maximum atomic E-state index is 14.0. The standard InChI is InChI=1S/C24H39NO3Si/c1-16-20(26)24-17(15-27-29(8,9)21(2,3)4)11-10-12-23(24,7)13-19(28-24)18(14-25)22(16,5)6/h17-19H,1,10-13,15H2,2-9H3/t17-,18?,19-,23+,24-/m1/s1. The van der Waals surface area contributed by atoms with Gasteiger partial charge >= 0.3 is 0 Å². The molecule has 1 spiro atoms. The van der Waals surface area contributed by atoms with Gasteiger partial charge in [0.2, 0.25) is 0 Å². The normalized spacial score (nSPS) is 39.6. The summed E-state index contributed by atoms with van der Waals surface area (Å²) in [6, 6.07) is 2.46. The molecule has 3 aliphatic rings. The molecule has 5 atom stereocenters. The topological polar surface area (TPSA) is 59.3 Å². The minimum Gasteiger partial charge on any atom is -0.416 e. The lowest BCUT2D eigenvalue weighted by molar-refractivity contribution is -0.171. The number of nitrogens with zero attached hydrogens (tertiary/aromatic N) is 1. The number of ether oxygens (including phenoxy) is 1. The third-order valence-electron chi connectivity index (χ3n) is 8.87. The number of ketones is 1. The van der Waals surface area contributed by atoms with Gasteiger partial charge in [-0.25, -0.2) is 0 Å². The number of rotatable bonds is 3. The van der Waals surface area contributed by atoms with E-state index < -0.39 is 19.3 Å². The SMILES string of the molecule is C=C1C(=O)[C@@]23O[C@H](C[C@]2(C)CCC[C@@H]3CO[Si](C)(C)C(C)(C)C)C(C#N)C1(C)C. The molecule has 3 fully saturated rings. The molecule has 1 unspecified atom stereocenters. The molecule has 162 valence electrons. The van der Waals surface area contributed by atoms with E-state index in [4.69, 9.17) is 9.16 Å². The second-order valence-corrected chi connectivity index (χ2v) is 16.8. The van der Waals surface area contributed by atoms with Crippen molar-refractivity contribution in [3.05, 3.63) is 12.2 Å². The smallest absolute Gasteiger partial charge is 0.191 e. The second kappa shape index (κ2) is 6.77. The van der Waals surface area contributed by atoms with Crippen molar-refractivity contribution in [2.75, 3.05) is 6.61 Å². The van der Waals surface area contributed by atoms with Crippen LogP contribution in [0.1, 0.15) is 67.2 Å². The molecular formula is C24H39NO3Si. The highest BCUT2D eigenvalue weighted by Crippen LogP contribution is 2.64. The fourth-order valence-electron chi connectivity index (χ4n) is 5.68. The molecule has 0 N–H and O–H groups in total. The van der Waals surface area contributed by atoms with Crippen molar-refractivity contribution in [2.45, 2.75) is 97.1 Å². The van der Waals surface area contributed by atoms with E-state index in [0.717, 1.165) is 25.7 Å². The molecule has 2 aliphatic heterocycles. The summed E-state index contributed by atoms with van der Waals surface area (Å²) in [5.74, 6) is -0.325. The molecule has 1 aliphatic carbocycles. The van der Waals surface area contributed by atoms with Crippen LogP contribution in [-0.2, 0) is 14.0 Å². The number of carbonyl (C=O) groups excluding carboxylic acids is 1. The van der Waals surface area contributed by atoms with Crippen LogP contribution in [0.2, 0.25) is 18.1 Å². The predicted molar refractivity (Wildman–Crippen MR) is 118 cm³/mol. The number of carbonyl (C=O) groups is 1. The molecule has 0 aromatic rings. The van der Waals surface area contributed by atoms with E-state index in [1.165, 1.54) is 0 Å². The average molecular weight is 418 g/mol. The minimum absolute atomic E-state index is 0.0119. The van der Waals surface area contributed by atoms with E-state index >= 15 is 0 Å². The van der Waals surface area contributed by atoms with Crippen molar-refractivity contribution in [2.24, 2.45) is 22.7 Å². The number of hydrogen-bond donors (Lipinski definition) is 0. The Morgan fingerprint density at radius 3 is 2.48 bits per heavy atom. The fraction of sp³-hybridized carbons (Fsp3) is 0.833. The summed E-state index contributed by atoms with van der Waals surface area (Å²) in [7, 11) is -1.94. The molecule has 0 aromatic carbocycles. The molecule has 2 saturated heterocycles. The van der Waals surface area contributed by atoms with Gasteiger partial charge in [-0.15, -0.1) is 0 Å². The first-order chi connectivity index (χ1) is 13.1. The van der Waals surface area contributed by atoms with E-state index in [-0.39, 0.29) is 34.2 Å². The summed E-state index contributed by atoms with van der Waals surface area (Å²) in [5, 5.41) is 10.1. The molecule has 29 heavy (non-hydrogen) atoms. The Hall–Kier alpha value is -0.963. The Kier molecular flexibility index (Phi) is 5.30. The Balaban J connectivity index is 2.03. The summed E-state index contributed by atoms with van der Waals surface area (Å²) in [4.78, 5) is 14.0. The van der Waals surface area contributed by atoms with Gasteiger partial charge in [0, 0.05) is 23.4 Å². The van der Waals surface area contributed by atoms with Crippen molar-refractivity contribution in [1.82, 2.24) is 0 Å². The molecule has 1 saturated carbocycles. The lowest BCUT2D eigenvalue weighted by Crippen LogP contribution is -2.60. The summed E-state index contributed by atoms with van der Waals surface area (Å²) in [6.45, 7) is 22.1. The monoisotopic (exact) mass is 417 g/mol. The van der Waals surface area contributed by atoms with Gasteiger partial charge in [-0.3, -0.25) is 4.79 Å². The van der Waals surface area contributed by atoms with Crippen LogP contribution in [0.4, 0.5) is 0 Å². The Bertz CT molecular complexity index is 759. The van der Waals surface area contributed by atoms with Gasteiger partial charge in [0.15, 0.2) is 14.1 Å². The van der Waals surface area contributed by atoms with E-state index in [0.29, 0.717) is 12.2 Å². The van der Waals surface area contributed by atoms with Gasteiger partial charge in [0.25, 0.3) is 0 Å². The van der Waals surface area contributed by atoms with Crippen molar-refractivity contribution in [1.29, 1.82) is 5.26 Å². The van der Waals surface area contributed by atoms with Crippen LogP contribution in [0, 0.1) is 34.0 Å². The zero-order valence-corrected chi connectivity index (χ0v) is 20.6. The Morgan fingerprint density at radius 2 is 1.93 bits per heavy atom. The highest BCUT2D eigenvalue weighted by Gasteiger charge is 2.70. The summed E-state index contributed by atoms with van der Waals surface area (Å²) in [5.41, 5.74) is -1.19. The van der Waals surface area contributed by atoms with Gasteiger partial charge in [-0.05, 0) is 43.0 Å². The van der Waals surface area contributed by atoms with Gasteiger partial charge in [-0.1, -0.05) is 54.5 Å². The molecule has 0 radical (unpaired) electrons. The molecule has 4 nitrogen and oxygen atoms in total. The van der Waals surface area contributed by atoms with Gasteiger partial charge in [-0.2, -0.15) is 5.26 Å². The van der Waals surface area contributed by atoms with E-state index in [9.17, 15) is 10.1 Å². The number of hydrogen-bond acceptors (Lipinski definition) is 4. The van der Waals surface area contributed by atoms with Crippen LogP contribution in [0.3, 0.4) is 0 Å². The largest absolute Gasteiger partial charge is 0.416 e. The van der Waals surface area contributed by atoms with Crippen molar-refractivity contribution in [3.8, 4) is 6.07 Å². The van der Waals surface area contributed by atoms with Crippen LogP contribution >= 0.6 is 0 Å². The van der Waals surface area contributed by atoms with Gasteiger partial charge in [0.1, 0.15) is 5.60 Å². The maximum absolute atomic E-state index is 14.0. The number of Topliss-reactive ketones (excluding diaryl/α,β-unsaturated/α-hetero) is 1. The van der Waals surface area contributed by atoms with Crippen molar-refractivity contribution < 1.29 is 14.0 Å². The van der Waals surface area contributed by atoms with Crippen molar-refractivity contribution in [3.63, 3.8) is 0 Å². The van der Waals surface area contributed by atoms with E-state index in [1.54, 1.807) is 0 Å². The third-order valence-corrected chi connectivity index (χ3v) is 13.4. The van der Waals surface area contributed by atoms with Crippen LogP contribution in [-0.4, -0.2) is 32.4 Å². The Morgan fingerprint density at radius 1 is 1.31 bits per heavy atom. The zero-order chi connectivity index (χ0) is 22.0. The second-order valence-electron chi connectivity index (χ2n) is 12.0. The minimum atomic E-state index is -1.94. The summed E-state index contributed by atoms with van der Waals surface area (Å²) >= 11 is 0. The number of fused-ring (bicyclic) bond motifs is 1. The van der Waals surface area contributed by atoms with Crippen molar-refractivity contribution >= 4 is 14.1 Å². The molecule has 3 rings (SSSR count). The van der Waals surface area contributed by atoms with Crippen LogP contribution in [0.5, 0.6) is 0 Å². The third kappa shape index (κ3) is 3.09. The van der Waals surface area contributed by atoms with Crippen LogP contribution < -0.4 is 0 Å². The fourth-order valence-corrected chi connectivity index (χ4v) is 6.73. The maximum Gasteiger partial charge on any atom is 0.191 e. The summed E-state index contributed by atoms with van der Waals surface area (Å²) in [6.07, 6.45) is 3.49. The highest BCUT2D eigenvalue weighted by atomic mass is 28.4. The van der Waals surface area contributed by atoms with Crippen LogP contribution in [0.25, 0.3) is 0 Å². The molecule has 5 heteroatoms. The lowest BCUT2D eigenvalue weighted by atomic mass is 9.53. The highest BCUT2D eigenvalue weighted by molar-refractivity contribution is 6.74. The van der Waals surface area contributed by atoms with E-state index in [1.807, 2.05) is 13.8 Å². The Labute approximate surface area is 178 Å². The molecular weight excluding hydrogens is 378 g/mol. The first-order valence-electron chi connectivity index (χ1n) is 11.1. The molecule has 0 aromatic heterocycles. The van der Waals surface area contributed by atoms with E-state index in [2.05, 4.69) is 53.4 Å². The van der Waals surface area contributed by atoms with Gasteiger partial charge in [0.05, 0.1) is 18.1 Å². The summed E-state index contributed by atoms with van der Waals surface area (Å²) < 4.78 is 13.3.